The van der Waals surface area contributed by atoms with E-state index in [2.05, 4.69) is 17.1 Å². The van der Waals surface area contributed by atoms with Crippen molar-refractivity contribution in [2.24, 2.45) is 5.41 Å². The number of nitrogens with zero attached hydrogens (tertiary/aromatic N) is 1. The van der Waals surface area contributed by atoms with Gasteiger partial charge < -0.3 is 10.2 Å². The van der Waals surface area contributed by atoms with Gasteiger partial charge in [-0.05, 0) is 45.2 Å². The summed E-state index contributed by atoms with van der Waals surface area (Å²) >= 11 is 0. The van der Waals surface area contributed by atoms with Crippen molar-refractivity contribution in [2.75, 3.05) is 26.2 Å². The molecule has 0 aliphatic carbocycles. The highest BCUT2D eigenvalue weighted by atomic mass is 16.2. The molecule has 2 rings (SSSR count). The third-order valence-electron chi connectivity index (χ3n) is 4.14. The van der Waals surface area contributed by atoms with Crippen LogP contribution in [0.25, 0.3) is 0 Å². The molecule has 0 aromatic rings. The largest absolute Gasteiger partial charge is 0.342 e. The van der Waals surface area contributed by atoms with Gasteiger partial charge in [0.15, 0.2) is 0 Å². The predicted octanol–water partition coefficient (Wildman–Crippen LogP) is 1.78. The molecule has 0 unspecified atom stereocenters. The molecule has 0 aromatic carbocycles. The summed E-state index contributed by atoms with van der Waals surface area (Å²) in [6.45, 7) is 6.22. The maximum Gasteiger partial charge on any atom is 0.228 e. The number of carbonyl (C=O) groups is 1. The third kappa shape index (κ3) is 2.24. The summed E-state index contributed by atoms with van der Waals surface area (Å²) < 4.78 is 0. The number of hydrogen-bond acceptors (Lipinski definition) is 2. The van der Waals surface area contributed by atoms with Gasteiger partial charge in [-0.25, -0.2) is 0 Å². The Hall–Kier alpha value is -0.570. The van der Waals surface area contributed by atoms with Crippen LogP contribution in [0.2, 0.25) is 0 Å². The summed E-state index contributed by atoms with van der Waals surface area (Å²) in [5, 5.41) is 3.37. The SMILES string of the molecule is CCCC1(C(=O)N2CCCC2)CCNCC1. The lowest BCUT2D eigenvalue weighted by Crippen LogP contribution is -2.48. The molecule has 3 heteroatoms. The average molecular weight is 224 g/mol. The van der Waals surface area contributed by atoms with E-state index < -0.39 is 0 Å². The number of likely N-dealkylation sites (tertiary alicyclic amines) is 1. The molecule has 0 atom stereocenters. The van der Waals surface area contributed by atoms with Crippen LogP contribution >= 0.6 is 0 Å². The van der Waals surface area contributed by atoms with Gasteiger partial charge in [-0.3, -0.25) is 4.79 Å². The number of carbonyl (C=O) groups excluding carboxylic acids is 1. The number of nitrogens with one attached hydrogen (secondary N) is 1. The van der Waals surface area contributed by atoms with E-state index in [1.807, 2.05) is 0 Å². The molecule has 2 saturated heterocycles. The van der Waals surface area contributed by atoms with Crippen LogP contribution in [0.4, 0.5) is 0 Å². The maximum absolute atomic E-state index is 12.6. The highest BCUT2D eigenvalue weighted by Gasteiger charge is 2.41. The Morgan fingerprint density at radius 3 is 2.44 bits per heavy atom. The van der Waals surface area contributed by atoms with Gasteiger partial charge in [0.2, 0.25) is 5.91 Å². The van der Waals surface area contributed by atoms with Crippen LogP contribution < -0.4 is 5.32 Å². The fraction of sp³-hybridized carbons (Fsp3) is 0.923. The van der Waals surface area contributed by atoms with E-state index >= 15 is 0 Å². The van der Waals surface area contributed by atoms with E-state index in [1.54, 1.807) is 0 Å². The fourth-order valence-electron chi connectivity index (χ4n) is 3.21. The standard InChI is InChI=1S/C13H24N2O/c1-2-5-13(6-8-14-9-7-13)12(16)15-10-3-4-11-15/h14H,2-11H2,1H3. The molecule has 2 fully saturated rings. The first-order valence-corrected chi connectivity index (χ1v) is 6.79. The lowest BCUT2D eigenvalue weighted by atomic mass is 9.74. The van der Waals surface area contributed by atoms with Crippen LogP contribution in [-0.2, 0) is 4.79 Å². The van der Waals surface area contributed by atoms with Crippen LogP contribution in [0.15, 0.2) is 0 Å². The summed E-state index contributed by atoms with van der Waals surface area (Å²) in [4.78, 5) is 14.7. The first-order chi connectivity index (χ1) is 7.78. The molecule has 0 aromatic heterocycles. The molecule has 0 bridgehead atoms. The molecule has 16 heavy (non-hydrogen) atoms. The smallest absolute Gasteiger partial charge is 0.228 e. The van der Waals surface area contributed by atoms with E-state index in [9.17, 15) is 4.79 Å². The molecule has 0 radical (unpaired) electrons. The second kappa shape index (κ2) is 5.17. The summed E-state index contributed by atoms with van der Waals surface area (Å²) in [5.41, 5.74) is -0.0235. The number of rotatable bonds is 3. The quantitative estimate of drug-likeness (QED) is 0.792. The normalized spacial score (nSPS) is 24.7. The van der Waals surface area contributed by atoms with Gasteiger partial charge in [-0.2, -0.15) is 0 Å². The van der Waals surface area contributed by atoms with Crippen LogP contribution in [0.1, 0.15) is 45.4 Å². The molecular formula is C13H24N2O. The zero-order chi connectivity index (χ0) is 11.4. The molecule has 0 saturated carbocycles. The lowest BCUT2D eigenvalue weighted by molar-refractivity contribution is -0.143. The zero-order valence-electron chi connectivity index (χ0n) is 10.4. The predicted molar refractivity (Wildman–Crippen MR) is 65.3 cm³/mol. The molecular weight excluding hydrogens is 200 g/mol. The van der Waals surface area contributed by atoms with Crippen LogP contribution in [0.5, 0.6) is 0 Å². The van der Waals surface area contributed by atoms with Crippen molar-refractivity contribution in [3.63, 3.8) is 0 Å². The number of piperidine rings is 1. The highest BCUT2D eigenvalue weighted by molar-refractivity contribution is 5.83. The molecule has 1 N–H and O–H groups in total. The lowest BCUT2D eigenvalue weighted by Gasteiger charge is -2.39. The molecule has 3 nitrogen and oxygen atoms in total. The van der Waals surface area contributed by atoms with E-state index in [-0.39, 0.29) is 5.41 Å². The van der Waals surface area contributed by atoms with Gasteiger partial charge in [-0.1, -0.05) is 13.3 Å². The van der Waals surface area contributed by atoms with Crippen molar-refractivity contribution in [1.82, 2.24) is 10.2 Å². The molecule has 0 spiro atoms. The van der Waals surface area contributed by atoms with Crippen LogP contribution in [0, 0.1) is 5.41 Å². The molecule has 2 aliphatic rings. The Kier molecular flexibility index (Phi) is 3.85. The Labute approximate surface area is 98.6 Å². The van der Waals surface area contributed by atoms with E-state index in [0.717, 1.165) is 51.9 Å². The van der Waals surface area contributed by atoms with E-state index in [1.165, 1.54) is 12.8 Å². The van der Waals surface area contributed by atoms with Crippen molar-refractivity contribution in [3.05, 3.63) is 0 Å². The Bertz CT molecular complexity index is 235. The fourth-order valence-corrected chi connectivity index (χ4v) is 3.21. The minimum Gasteiger partial charge on any atom is -0.342 e. The molecule has 92 valence electrons. The van der Waals surface area contributed by atoms with Crippen molar-refractivity contribution in [3.8, 4) is 0 Å². The second-order valence-electron chi connectivity index (χ2n) is 5.28. The Morgan fingerprint density at radius 2 is 1.88 bits per heavy atom. The van der Waals surface area contributed by atoms with Crippen LogP contribution in [0.3, 0.4) is 0 Å². The zero-order valence-corrected chi connectivity index (χ0v) is 10.4. The van der Waals surface area contributed by atoms with Crippen molar-refractivity contribution < 1.29 is 4.79 Å². The van der Waals surface area contributed by atoms with Gasteiger partial charge in [0.25, 0.3) is 0 Å². The topological polar surface area (TPSA) is 32.3 Å². The van der Waals surface area contributed by atoms with Crippen molar-refractivity contribution in [1.29, 1.82) is 0 Å². The molecule has 1 amide bonds. The average Bonchev–Trinajstić information content (AvgIpc) is 2.83. The van der Waals surface area contributed by atoms with Gasteiger partial charge >= 0.3 is 0 Å². The van der Waals surface area contributed by atoms with Crippen LogP contribution in [-0.4, -0.2) is 37.0 Å². The third-order valence-corrected chi connectivity index (χ3v) is 4.14. The molecule has 2 heterocycles. The van der Waals surface area contributed by atoms with Crippen molar-refractivity contribution >= 4 is 5.91 Å². The van der Waals surface area contributed by atoms with Crippen molar-refractivity contribution in [2.45, 2.75) is 45.4 Å². The number of amides is 1. The monoisotopic (exact) mass is 224 g/mol. The summed E-state index contributed by atoms with van der Waals surface area (Å²) in [6, 6.07) is 0. The maximum atomic E-state index is 12.6. The summed E-state index contributed by atoms with van der Waals surface area (Å²) in [6.07, 6.45) is 6.67. The van der Waals surface area contributed by atoms with Gasteiger partial charge in [0.1, 0.15) is 0 Å². The number of hydrogen-bond donors (Lipinski definition) is 1. The van der Waals surface area contributed by atoms with Gasteiger partial charge in [0, 0.05) is 13.1 Å². The minimum absolute atomic E-state index is 0.0235. The summed E-state index contributed by atoms with van der Waals surface area (Å²) in [5.74, 6) is 0.452. The van der Waals surface area contributed by atoms with E-state index in [4.69, 9.17) is 0 Å². The minimum atomic E-state index is -0.0235. The Balaban J connectivity index is 2.07. The first-order valence-electron chi connectivity index (χ1n) is 6.79. The Morgan fingerprint density at radius 1 is 1.25 bits per heavy atom. The van der Waals surface area contributed by atoms with E-state index in [0.29, 0.717) is 5.91 Å². The van der Waals surface area contributed by atoms with Gasteiger partial charge in [-0.15, -0.1) is 0 Å². The first kappa shape index (κ1) is 11.9. The molecule has 2 aliphatic heterocycles. The highest BCUT2D eigenvalue weighted by Crippen LogP contribution is 2.36. The van der Waals surface area contributed by atoms with Gasteiger partial charge in [0.05, 0.1) is 5.41 Å². The second-order valence-corrected chi connectivity index (χ2v) is 5.28. The summed E-state index contributed by atoms with van der Waals surface area (Å²) in [7, 11) is 0.